The number of hydrogen-bond acceptors (Lipinski definition) is 8. The van der Waals surface area contributed by atoms with Crippen molar-refractivity contribution in [2.24, 2.45) is 0 Å². The molecule has 9 nitrogen and oxygen atoms in total. The van der Waals surface area contributed by atoms with Crippen LogP contribution in [0.3, 0.4) is 0 Å². The molecule has 0 atom stereocenters. The zero-order valence-electron chi connectivity index (χ0n) is 20.2. The summed E-state index contributed by atoms with van der Waals surface area (Å²) >= 11 is 0. The smallest absolute Gasteiger partial charge is 0.339 e. The molecule has 1 saturated carbocycles. The Morgan fingerprint density at radius 2 is 1.89 bits per heavy atom. The first-order chi connectivity index (χ1) is 17.6. The van der Waals surface area contributed by atoms with E-state index in [0.29, 0.717) is 55.8 Å². The predicted molar refractivity (Wildman–Crippen MR) is 133 cm³/mol. The molecular formula is C27H29N3O6. The van der Waals surface area contributed by atoms with Gasteiger partial charge in [-0.25, -0.2) is 14.8 Å². The van der Waals surface area contributed by atoms with Gasteiger partial charge in [0.05, 0.1) is 18.4 Å². The van der Waals surface area contributed by atoms with E-state index in [9.17, 15) is 9.90 Å². The van der Waals surface area contributed by atoms with Crippen molar-refractivity contribution in [1.29, 1.82) is 0 Å². The molecule has 2 N–H and O–H groups in total. The minimum atomic E-state index is -1.01. The van der Waals surface area contributed by atoms with Crippen molar-refractivity contribution in [1.82, 2.24) is 9.97 Å². The van der Waals surface area contributed by atoms with Crippen molar-refractivity contribution in [3.63, 3.8) is 0 Å². The van der Waals surface area contributed by atoms with Gasteiger partial charge < -0.3 is 29.4 Å². The van der Waals surface area contributed by atoms with Crippen LogP contribution in [0.2, 0.25) is 0 Å². The van der Waals surface area contributed by atoms with E-state index in [1.165, 1.54) is 6.33 Å². The van der Waals surface area contributed by atoms with Crippen molar-refractivity contribution in [3.8, 4) is 34.3 Å². The third-order valence-electron chi connectivity index (χ3n) is 6.25. The average Bonchev–Trinajstić information content (AvgIpc) is 2.86. The molecule has 0 saturated heterocycles. The highest BCUT2D eigenvalue weighted by molar-refractivity contribution is 5.92. The molecule has 2 aromatic carbocycles. The fraction of sp³-hybridized carbons (Fsp3) is 0.370. The molecule has 5 rings (SSSR count). The van der Waals surface area contributed by atoms with Gasteiger partial charge >= 0.3 is 5.97 Å². The molecular weight excluding hydrogens is 462 g/mol. The van der Waals surface area contributed by atoms with Crippen LogP contribution in [0, 0.1) is 0 Å². The molecule has 1 fully saturated rings. The Kier molecular flexibility index (Phi) is 7.06. The second-order valence-corrected chi connectivity index (χ2v) is 8.69. The molecule has 188 valence electrons. The van der Waals surface area contributed by atoms with Crippen LogP contribution in [-0.4, -0.2) is 53.5 Å². The quantitative estimate of drug-likeness (QED) is 0.420. The Hall–Kier alpha value is -4.01. The number of rotatable bonds is 10. The van der Waals surface area contributed by atoms with Crippen molar-refractivity contribution >= 4 is 11.8 Å². The van der Waals surface area contributed by atoms with Gasteiger partial charge in [-0.2, -0.15) is 0 Å². The van der Waals surface area contributed by atoms with Crippen molar-refractivity contribution in [2.45, 2.75) is 38.7 Å². The number of aromatic nitrogens is 2. The van der Waals surface area contributed by atoms with Crippen molar-refractivity contribution in [3.05, 3.63) is 53.9 Å². The highest BCUT2D eigenvalue weighted by atomic mass is 16.6. The Labute approximate surface area is 209 Å². The number of fused-ring (bicyclic) bond motifs is 1. The van der Waals surface area contributed by atoms with E-state index in [0.717, 1.165) is 41.9 Å². The molecule has 2 aliphatic rings. The first-order valence-electron chi connectivity index (χ1n) is 12.3. The minimum Gasteiger partial charge on any atom is -0.493 e. The average molecular weight is 492 g/mol. The zero-order valence-corrected chi connectivity index (χ0v) is 20.2. The van der Waals surface area contributed by atoms with Gasteiger partial charge in [0.2, 0.25) is 0 Å². The van der Waals surface area contributed by atoms with E-state index >= 15 is 0 Å². The van der Waals surface area contributed by atoms with E-state index in [1.54, 1.807) is 18.2 Å². The SMILES string of the molecule is CCOc1cc2c(cc1CCNc1cc(-c3ccc(C(=O)O)c(OC4CCC4)c3)ncn1)OCCO2. The molecule has 0 amide bonds. The normalized spacial score (nSPS) is 14.6. The van der Waals surface area contributed by atoms with E-state index < -0.39 is 5.97 Å². The van der Waals surface area contributed by atoms with Crippen molar-refractivity contribution in [2.75, 3.05) is 31.7 Å². The summed E-state index contributed by atoms with van der Waals surface area (Å²) in [4.78, 5) is 20.4. The molecule has 0 radical (unpaired) electrons. The highest BCUT2D eigenvalue weighted by Crippen LogP contribution is 2.37. The van der Waals surface area contributed by atoms with Crippen LogP contribution in [0.1, 0.15) is 42.1 Å². The highest BCUT2D eigenvalue weighted by Gasteiger charge is 2.23. The van der Waals surface area contributed by atoms with Crippen LogP contribution >= 0.6 is 0 Å². The lowest BCUT2D eigenvalue weighted by molar-refractivity contribution is 0.0680. The third kappa shape index (κ3) is 5.30. The first-order valence-corrected chi connectivity index (χ1v) is 12.3. The lowest BCUT2D eigenvalue weighted by Crippen LogP contribution is -2.25. The Morgan fingerprint density at radius 1 is 1.08 bits per heavy atom. The van der Waals surface area contributed by atoms with Crippen molar-refractivity contribution < 1.29 is 28.8 Å². The summed E-state index contributed by atoms with van der Waals surface area (Å²) in [5.74, 6) is 2.25. The summed E-state index contributed by atoms with van der Waals surface area (Å²) < 4.78 is 23.2. The van der Waals surface area contributed by atoms with E-state index in [4.69, 9.17) is 18.9 Å². The van der Waals surface area contributed by atoms with Crippen LogP contribution in [0.4, 0.5) is 5.82 Å². The Morgan fingerprint density at radius 3 is 2.61 bits per heavy atom. The maximum atomic E-state index is 11.7. The van der Waals surface area contributed by atoms with Crippen LogP contribution in [-0.2, 0) is 6.42 Å². The fourth-order valence-corrected chi connectivity index (χ4v) is 4.16. The lowest BCUT2D eigenvalue weighted by Gasteiger charge is -2.27. The van der Waals surface area contributed by atoms with Gasteiger partial charge in [0.15, 0.2) is 11.5 Å². The molecule has 0 bridgehead atoms. The molecule has 2 heterocycles. The predicted octanol–water partition coefficient (Wildman–Crippen LogP) is 4.60. The van der Waals surface area contributed by atoms with E-state index in [1.807, 2.05) is 25.1 Å². The summed E-state index contributed by atoms with van der Waals surface area (Å²) in [5, 5.41) is 12.9. The van der Waals surface area contributed by atoms with Gasteiger partial charge in [0.1, 0.15) is 42.4 Å². The monoisotopic (exact) mass is 491 g/mol. The van der Waals surface area contributed by atoms with Gasteiger partial charge in [0.25, 0.3) is 0 Å². The number of aromatic carboxylic acids is 1. The van der Waals surface area contributed by atoms with Crippen LogP contribution in [0.5, 0.6) is 23.0 Å². The van der Waals surface area contributed by atoms with Gasteiger partial charge in [0, 0.05) is 24.2 Å². The summed E-state index contributed by atoms with van der Waals surface area (Å²) in [6, 6.07) is 10.8. The minimum absolute atomic E-state index is 0.0723. The largest absolute Gasteiger partial charge is 0.493 e. The number of carboxylic acid groups (broad SMARTS) is 1. The van der Waals surface area contributed by atoms with Gasteiger partial charge in [-0.1, -0.05) is 6.07 Å². The third-order valence-corrected chi connectivity index (χ3v) is 6.25. The van der Waals surface area contributed by atoms with Crippen LogP contribution in [0.25, 0.3) is 11.3 Å². The number of hydrogen-bond donors (Lipinski definition) is 2. The summed E-state index contributed by atoms with van der Waals surface area (Å²) in [6.07, 6.45) is 5.25. The molecule has 1 aliphatic carbocycles. The fourth-order valence-electron chi connectivity index (χ4n) is 4.16. The summed E-state index contributed by atoms with van der Waals surface area (Å²) in [5.41, 5.74) is 2.62. The zero-order chi connectivity index (χ0) is 24.9. The summed E-state index contributed by atoms with van der Waals surface area (Å²) in [7, 11) is 0. The molecule has 0 unspecified atom stereocenters. The standard InChI is InChI=1S/C27H29N3O6/c1-2-33-22-15-25-24(34-10-11-35-25)13-18(22)8-9-28-26-14-21(29-16-30-26)17-6-7-20(27(31)32)23(12-17)36-19-4-3-5-19/h6-7,12-16,19H,2-5,8-11H2,1H3,(H,31,32)(H,28,29,30). The van der Waals surface area contributed by atoms with Crippen LogP contribution < -0.4 is 24.3 Å². The molecule has 36 heavy (non-hydrogen) atoms. The number of nitrogens with one attached hydrogen (secondary N) is 1. The molecule has 9 heteroatoms. The molecule has 0 spiro atoms. The second-order valence-electron chi connectivity index (χ2n) is 8.69. The number of carbonyl (C=O) groups is 1. The second kappa shape index (κ2) is 10.7. The lowest BCUT2D eigenvalue weighted by atomic mass is 9.96. The van der Waals surface area contributed by atoms with E-state index in [-0.39, 0.29) is 11.7 Å². The van der Waals surface area contributed by atoms with Gasteiger partial charge in [-0.05, 0) is 56.4 Å². The number of ether oxygens (including phenoxy) is 4. The maximum absolute atomic E-state index is 11.7. The molecule has 1 aromatic heterocycles. The number of anilines is 1. The topological polar surface area (TPSA) is 112 Å². The van der Waals surface area contributed by atoms with Gasteiger partial charge in [-0.3, -0.25) is 0 Å². The van der Waals surface area contributed by atoms with E-state index in [2.05, 4.69) is 15.3 Å². The number of benzene rings is 2. The number of nitrogens with zero attached hydrogens (tertiary/aromatic N) is 2. The van der Waals surface area contributed by atoms with Gasteiger partial charge in [-0.15, -0.1) is 0 Å². The first kappa shape index (κ1) is 23.7. The summed E-state index contributed by atoms with van der Waals surface area (Å²) in [6.45, 7) is 4.19. The Balaban J connectivity index is 1.29. The number of carboxylic acids is 1. The van der Waals surface area contributed by atoms with Crippen LogP contribution in [0.15, 0.2) is 42.7 Å². The Bertz CT molecular complexity index is 1240. The maximum Gasteiger partial charge on any atom is 0.339 e. The molecule has 3 aromatic rings. The molecule has 1 aliphatic heterocycles.